The van der Waals surface area contributed by atoms with Crippen LogP contribution in [0.25, 0.3) is 0 Å². The van der Waals surface area contributed by atoms with Crippen molar-refractivity contribution in [2.45, 2.75) is 25.5 Å². The predicted molar refractivity (Wildman–Crippen MR) is 90.6 cm³/mol. The molecule has 1 aliphatic carbocycles. The number of thioether (sulfide) groups is 1. The highest BCUT2D eigenvalue weighted by atomic mass is 32.2. The molecule has 0 fully saturated rings. The van der Waals surface area contributed by atoms with Gasteiger partial charge in [0.25, 0.3) is 0 Å². The van der Waals surface area contributed by atoms with Crippen molar-refractivity contribution >= 4 is 28.2 Å². The van der Waals surface area contributed by atoms with Gasteiger partial charge in [-0.2, -0.15) is 0 Å². The Morgan fingerprint density at radius 3 is 2.37 bits per heavy atom. The Labute approximate surface area is 126 Å². The van der Waals surface area contributed by atoms with E-state index >= 15 is 0 Å². The zero-order chi connectivity index (χ0) is 13.9. The Morgan fingerprint density at radius 2 is 1.74 bits per heavy atom. The fraction of sp³-hybridized carbons (Fsp3) is 0.353. The van der Waals surface area contributed by atoms with Gasteiger partial charge < -0.3 is 0 Å². The lowest BCUT2D eigenvalue weighted by Gasteiger charge is -2.29. The maximum absolute atomic E-state index is 5.68. The minimum Gasteiger partial charge on any atom is -0.107 e. The molecule has 0 bridgehead atoms. The van der Waals surface area contributed by atoms with Crippen LogP contribution in [-0.4, -0.2) is 4.20 Å². The van der Waals surface area contributed by atoms with Gasteiger partial charge in [-0.15, -0.1) is 11.8 Å². The minimum atomic E-state index is 0.0209. The summed E-state index contributed by atoms with van der Waals surface area (Å²) in [4.78, 5) is 0. The number of hydrogen-bond acceptors (Lipinski definition) is 2. The summed E-state index contributed by atoms with van der Waals surface area (Å²) < 4.78 is 1.11. The highest BCUT2D eigenvalue weighted by Crippen LogP contribution is 2.40. The van der Waals surface area contributed by atoms with Gasteiger partial charge in [-0.05, 0) is 25.3 Å². The van der Waals surface area contributed by atoms with Gasteiger partial charge in [0.1, 0.15) is 0 Å². The highest BCUT2D eigenvalue weighted by molar-refractivity contribution is 8.23. The molecule has 0 N–H and O–H groups in total. The highest BCUT2D eigenvalue weighted by Gasteiger charge is 2.28. The third-order valence-electron chi connectivity index (χ3n) is 3.51. The molecule has 0 saturated carbocycles. The van der Waals surface area contributed by atoms with Crippen LogP contribution < -0.4 is 0 Å². The molecule has 2 heteroatoms. The number of thiocarbonyl (C=S) groups is 1. The normalized spacial score (nSPS) is 22.5. The third-order valence-corrected chi connectivity index (χ3v) is 5.25. The topological polar surface area (TPSA) is 0 Å². The molecular formula is C17H20S2. The molecule has 1 aliphatic rings. The number of allylic oxidation sites excluding steroid dienone is 4. The van der Waals surface area contributed by atoms with Crippen LogP contribution in [0.3, 0.4) is 0 Å². The van der Waals surface area contributed by atoms with E-state index in [9.17, 15) is 0 Å². The molecule has 0 nitrogen and oxygen atoms in total. The summed E-state index contributed by atoms with van der Waals surface area (Å²) in [5.74, 6) is 0.865. The summed E-state index contributed by atoms with van der Waals surface area (Å²) >= 11 is 7.49. The number of hydrogen-bond donors (Lipinski definition) is 0. The van der Waals surface area contributed by atoms with Gasteiger partial charge >= 0.3 is 0 Å². The van der Waals surface area contributed by atoms with E-state index < -0.39 is 0 Å². The molecule has 1 aromatic rings. The molecule has 2 atom stereocenters. The first-order valence-electron chi connectivity index (χ1n) is 6.64. The lowest BCUT2D eigenvalue weighted by molar-refractivity contribution is 0.647. The van der Waals surface area contributed by atoms with E-state index in [-0.39, 0.29) is 4.75 Å². The maximum Gasteiger partial charge on any atom is 0.0561 e. The average Bonchev–Trinajstić information content (AvgIpc) is 2.39. The van der Waals surface area contributed by atoms with E-state index in [4.69, 9.17) is 12.2 Å². The second kappa shape index (κ2) is 6.06. The quantitative estimate of drug-likeness (QED) is 0.687. The van der Waals surface area contributed by atoms with Crippen LogP contribution in [0.15, 0.2) is 54.6 Å². The Hall–Kier alpha value is -0.860. The van der Waals surface area contributed by atoms with Crippen molar-refractivity contribution in [1.82, 2.24) is 0 Å². The van der Waals surface area contributed by atoms with Gasteiger partial charge in [0.2, 0.25) is 0 Å². The van der Waals surface area contributed by atoms with Crippen molar-refractivity contribution in [3.63, 3.8) is 0 Å². The van der Waals surface area contributed by atoms with Gasteiger partial charge in [0.05, 0.1) is 4.20 Å². The third kappa shape index (κ3) is 3.58. The molecule has 100 valence electrons. The predicted octanol–water partition coefficient (Wildman–Crippen LogP) is 5.36. The Kier molecular flexibility index (Phi) is 4.64. The maximum atomic E-state index is 5.68. The summed E-state index contributed by atoms with van der Waals surface area (Å²) in [6.07, 6.45) is 8.66. The van der Waals surface area contributed by atoms with E-state index in [0.29, 0.717) is 11.8 Å². The van der Waals surface area contributed by atoms with Crippen LogP contribution in [0.2, 0.25) is 0 Å². The Morgan fingerprint density at radius 1 is 1.11 bits per heavy atom. The van der Waals surface area contributed by atoms with Crippen molar-refractivity contribution in [3.8, 4) is 0 Å². The van der Waals surface area contributed by atoms with Crippen molar-refractivity contribution in [2.75, 3.05) is 0 Å². The summed E-state index contributed by atoms with van der Waals surface area (Å²) in [6, 6.07) is 10.6. The van der Waals surface area contributed by atoms with Crippen molar-refractivity contribution in [2.24, 2.45) is 11.8 Å². The van der Waals surface area contributed by atoms with E-state index in [0.717, 1.165) is 4.20 Å². The Bertz CT molecular complexity index is 497. The first-order valence-corrected chi connectivity index (χ1v) is 7.86. The molecular weight excluding hydrogens is 268 g/mol. The molecule has 0 spiro atoms. The summed E-state index contributed by atoms with van der Waals surface area (Å²) in [5.41, 5.74) is 1.32. The second-order valence-electron chi connectivity index (χ2n) is 5.45. The smallest absolute Gasteiger partial charge is 0.0561 e. The molecule has 0 amide bonds. The van der Waals surface area contributed by atoms with Crippen LogP contribution >= 0.6 is 24.0 Å². The first kappa shape index (κ1) is 14.5. The van der Waals surface area contributed by atoms with Gasteiger partial charge in [-0.25, -0.2) is 0 Å². The van der Waals surface area contributed by atoms with E-state index in [1.165, 1.54) is 5.56 Å². The fourth-order valence-corrected chi connectivity index (χ4v) is 4.33. The van der Waals surface area contributed by atoms with E-state index in [1.54, 1.807) is 0 Å². The zero-order valence-corrected chi connectivity index (χ0v) is 13.3. The second-order valence-corrected chi connectivity index (χ2v) is 7.81. The number of rotatable bonds is 3. The summed E-state index contributed by atoms with van der Waals surface area (Å²) in [5, 5.41) is 0. The molecule has 0 radical (unpaired) electrons. The molecule has 2 rings (SSSR count). The minimum absolute atomic E-state index is 0.0209. The molecule has 0 aliphatic heterocycles. The summed E-state index contributed by atoms with van der Waals surface area (Å²) in [7, 11) is 0. The molecule has 19 heavy (non-hydrogen) atoms. The van der Waals surface area contributed by atoms with Crippen molar-refractivity contribution in [3.05, 3.63) is 60.2 Å². The lowest BCUT2D eigenvalue weighted by Crippen LogP contribution is -2.22. The van der Waals surface area contributed by atoms with Gasteiger partial charge in [-0.1, -0.05) is 73.8 Å². The molecule has 0 heterocycles. The molecule has 2 unspecified atom stereocenters. The lowest BCUT2D eigenvalue weighted by atomic mass is 9.92. The van der Waals surface area contributed by atoms with Crippen LogP contribution in [-0.2, 0) is 4.75 Å². The standard InChI is InChI=1S/C17H20S2/c1-13-9-7-8-12-15(13)16(18)19-17(2,3)14-10-5-4-6-11-14/h4-13,15H,1-3H3. The van der Waals surface area contributed by atoms with Gasteiger partial charge in [0, 0.05) is 10.7 Å². The van der Waals surface area contributed by atoms with E-state index in [2.05, 4.69) is 75.4 Å². The molecule has 0 saturated heterocycles. The number of benzene rings is 1. The largest absolute Gasteiger partial charge is 0.107 e. The monoisotopic (exact) mass is 288 g/mol. The molecule has 0 aromatic heterocycles. The van der Waals surface area contributed by atoms with Gasteiger partial charge in [-0.3, -0.25) is 0 Å². The van der Waals surface area contributed by atoms with Crippen LogP contribution in [0.4, 0.5) is 0 Å². The van der Waals surface area contributed by atoms with E-state index in [1.807, 2.05) is 11.8 Å². The van der Waals surface area contributed by atoms with Crippen molar-refractivity contribution < 1.29 is 0 Å². The van der Waals surface area contributed by atoms with Crippen molar-refractivity contribution in [1.29, 1.82) is 0 Å². The Balaban J connectivity index is 2.10. The average molecular weight is 288 g/mol. The zero-order valence-electron chi connectivity index (χ0n) is 11.7. The fourth-order valence-electron chi connectivity index (χ4n) is 2.23. The van der Waals surface area contributed by atoms with Crippen LogP contribution in [0.5, 0.6) is 0 Å². The SMILES string of the molecule is CC1C=CC=CC1C(=S)SC(C)(C)c1ccccc1. The summed E-state index contributed by atoms with van der Waals surface area (Å²) in [6.45, 7) is 6.71. The molecule has 1 aromatic carbocycles. The van der Waals surface area contributed by atoms with Crippen LogP contribution in [0.1, 0.15) is 26.3 Å². The van der Waals surface area contributed by atoms with Gasteiger partial charge in [0.15, 0.2) is 0 Å². The first-order chi connectivity index (χ1) is 9.00. The van der Waals surface area contributed by atoms with Crippen LogP contribution in [0, 0.1) is 11.8 Å².